The molecule has 9 heteroatoms. The lowest BCUT2D eigenvalue weighted by atomic mass is 10.2. The number of carbonyl (C=O) groups is 1. The first kappa shape index (κ1) is 17.9. The Labute approximate surface area is 136 Å². The summed E-state index contributed by atoms with van der Waals surface area (Å²) in [6.07, 6.45) is 2.04. The highest BCUT2D eigenvalue weighted by molar-refractivity contribution is 7.89. The van der Waals surface area contributed by atoms with Crippen molar-refractivity contribution in [3.63, 3.8) is 0 Å². The van der Waals surface area contributed by atoms with Gasteiger partial charge in [0.2, 0.25) is 15.9 Å². The average molecular weight is 344 g/mol. The minimum absolute atomic E-state index is 0.0116. The Kier molecular flexibility index (Phi) is 5.43. The van der Waals surface area contributed by atoms with Crippen LogP contribution in [0.4, 0.5) is 0 Å². The molecule has 0 unspecified atom stereocenters. The van der Waals surface area contributed by atoms with E-state index in [9.17, 15) is 13.2 Å². The van der Waals surface area contributed by atoms with Crippen LogP contribution in [-0.4, -0.2) is 61.8 Å². The maximum absolute atomic E-state index is 12.3. The number of rotatable bonds is 6. The van der Waals surface area contributed by atoms with Crippen molar-refractivity contribution in [2.24, 2.45) is 0 Å². The first-order chi connectivity index (χ1) is 10.7. The fourth-order valence-electron chi connectivity index (χ4n) is 2.62. The van der Waals surface area contributed by atoms with E-state index in [2.05, 4.69) is 10.4 Å². The highest BCUT2D eigenvalue weighted by Crippen LogP contribution is 2.21. The van der Waals surface area contributed by atoms with E-state index in [0.29, 0.717) is 17.9 Å². The molecule has 1 amide bonds. The molecule has 1 aromatic rings. The van der Waals surface area contributed by atoms with E-state index in [0.717, 1.165) is 23.8 Å². The van der Waals surface area contributed by atoms with Crippen LogP contribution in [-0.2, 0) is 26.1 Å². The third-order valence-corrected chi connectivity index (χ3v) is 5.97. The molecule has 130 valence electrons. The van der Waals surface area contributed by atoms with Crippen molar-refractivity contribution in [1.29, 1.82) is 0 Å². The number of carbonyl (C=O) groups excluding carboxylic acids is 1. The molecule has 23 heavy (non-hydrogen) atoms. The number of amides is 1. The fourth-order valence-corrected chi connectivity index (χ4v) is 3.87. The van der Waals surface area contributed by atoms with Gasteiger partial charge in [-0.05, 0) is 26.7 Å². The van der Waals surface area contributed by atoms with E-state index in [1.165, 1.54) is 18.8 Å². The zero-order chi connectivity index (χ0) is 17.2. The highest BCUT2D eigenvalue weighted by Gasteiger charge is 2.27. The first-order valence-corrected chi connectivity index (χ1v) is 9.02. The number of ether oxygens (including phenoxy) is 1. The molecule has 1 saturated heterocycles. The molecule has 1 aliphatic rings. The highest BCUT2D eigenvalue weighted by atomic mass is 32.2. The third-order valence-electron chi connectivity index (χ3n) is 3.90. The van der Waals surface area contributed by atoms with Crippen molar-refractivity contribution < 1.29 is 17.9 Å². The number of hydrogen-bond acceptors (Lipinski definition) is 5. The Bertz CT molecular complexity index is 675. The summed E-state index contributed by atoms with van der Waals surface area (Å²) in [4.78, 5) is 12.2. The summed E-state index contributed by atoms with van der Waals surface area (Å²) in [5.74, 6) is -0.208. The van der Waals surface area contributed by atoms with E-state index in [4.69, 9.17) is 4.74 Å². The van der Waals surface area contributed by atoms with Gasteiger partial charge >= 0.3 is 0 Å². The van der Waals surface area contributed by atoms with Gasteiger partial charge in [-0.2, -0.15) is 5.10 Å². The molecule has 2 rings (SSSR count). The van der Waals surface area contributed by atoms with Crippen molar-refractivity contribution in [2.75, 3.05) is 27.2 Å². The standard InChI is InChI=1S/C14H24N4O4S/c1-10-14(23(20,21)17(3)4)11(2)18(16-10)9-13(19)15-8-12-6-5-7-22-12/h12H,5-9H2,1-4H3,(H,15,19)/t12-/m1/s1. The van der Waals surface area contributed by atoms with Crippen molar-refractivity contribution in [2.45, 2.75) is 44.2 Å². The van der Waals surface area contributed by atoms with Crippen molar-refractivity contribution >= 4 is 15.9 Å². The molecule has 0 bridgehead atoms. The van der Waals surface area contributed by atoms with Crippen LogP contribution >= 0.6 is 0 Å². The third kappa shape index (κ3) is 3.91. The maximum Gasteiger partial charge on any atom is 0.246 e. The molecule has 0 spiro atoms. The van der Waals surface area contributed by atoms with Crippen LogP contribution in [0.1, 0.15) is 24.2 Å². The lowest BCUT2D eigenvalue weighted by Gasteiger charge is -2.12. The minimum atomic E-state index is -3.58. The summed E-state index contributed by atoms with van der Waals surface area (Å²) in [6, 6.07) is 0. The molecule has 2 heterocycles. The molecule has 1 atom stereocenters. The summed E-state index contributed by atoms with van der Waals surface area (Å²) in [6.45, 7) is 4.49. The first-order valence-electron chi connectivity index (χ1n) is 7.58. The van der Waals surface area contributed by atoms with E-state index >= 15 is 0 Å². The lowest BCUT2D eigenvalue weighted by Crippen LogP contribution is -2.34. The molecule has 0 aromatic carbocycles. The fraction of sp³-hybridized carbons (Fsp3) is 0.714. The van der Waals surface area contributed by atoms with Gasteiger partial charge in [-0.15, -0.1) is 0 Å². The second-order valence-electron chi connectivity index (χ2n) is 5.88. The molecule has 8 nitrogen and oxygen atoms in total. The summed E-state index contributed by atoms with van der Waals surface area (Å²) in [5, 5.41) is 7.00. The molecule has 0 saturated carbocycles. The van der Waals surface area contributed by atoms with E-state index in [1.807, 2.05) is 0 Å². The van der Waals surface area contributed by atoms with Crippen molar-refractivity contribution in [3.05, 3.63) is 11.4 Å². The maximum atomic E-state index is 12.3. The van der Waals surface area contributed by atoms with E-state index in [1.54, 1.807) is 13.8 Å². The Morgan fingerprint density at radius 3 is 2.70 bits per heavy atom. The van der Waals surface area contributed by atoms with Crippen LogP contribution in [0.15, 0.2) is 4.90 Å². The molecule has 0 aliphatic carbocycles. The molecule has 0 radical (unpaired) electrons. The zero-order valence-electron chi connectivity index (χ0n) is 14.0. The number of hydrogen-bond donors (Lipinski definition) is 1. The molecular formula is C14H24N4O4S. The van der Waals surface area contributed by atoms with Gasteiger partial charge in [-0.25, -0.2) is 12.7 Å². The smallest absolute Gasteiger partial charge is 0.246 e. The average Bonchev–Trinajstić information content (AvgIpc) is 3.05. The second-order valence-corrected chi connectivity index (χ2v) is 7.97. The summed E-state index contributed by atoms with van der Waals surface area (Å²) in [7, 11) is -0.636. The molecule has 1 aliphatic heterocycles. The monoisotopic (exact) mass is 344 g/mol. The van der Waals surface area contributed by atoms with Gasteiger partial charge in [0.25, 0.3) is 0 Å². The van der Waals surface area contributed by atoms with Gasteiger partial charge in [0.1, 0.15) is 11.4 Å². The van der Waals surface area contributed by atoms with Gasteiger partial charge in [0, 0.05) is 27.2 Å². The number of nitrogens with zero attached hydrogens (tertiary/aromatic N) is 3. The predicted molar refractivity (Wildman–Crippen MR) is 84.6 cm³/mol. The Morgan fingerprint density at radius 2 is 2.13 bits per heavy atom. The summed E-state index contributed by atoms with van der Waals surface area (Å²) >= 11 is 0. The van der Waals surface area contributed by atoms with Gasteiger partial charge in [-0.3, -0.25) is 9.48 Å². The zero-order valence-corrected chi connectivity index (χ0v) is 14.8. The van der Waals surface area contributed by atoms with Gasteiger partial charge < -0.3 is 10.1 Å². The normalized spacial score (nSPS) is 18.6. The SMILES string of the molecule is Cc1nn(CC(=O)NC[C@H]2CCCO2)c(C)c1S(=O)(=O)N(C)C. The number of aryl methyl sites for hydroxylation is 1. The van der Waals surface area contributed by atoms with Gasteiger partial charge in [-0.1, -0.05) is 0 Å². The molecule has 1 N–H and O–H groups in total. The van der Waals surface area contributed by atoms with Crippen LogP contribution in [0.5, 0.6) is 0 Å². The van der Waals surface area contributed by atoms with Crippen molar-refractivity contribution in [3.8, 4) is 0 Å². The quantitative estimate of drug-likeness (QED) is 0.787. The molecule has 1 aromatic heterocycles. The predicted octanol–water partition coefficient (Wildman–Crippen LogP) is 0.0454. The number of nitrogens with one attached hydrogen (secondary N) is 1. The van der Waals surface area contributed by atoms with Crippen LogP contribution in [0.25, 0.3) is 0 Å². The summed E-state index contributed by atoms with van der Waals surface area (Å²) in [5.41, 5.74) is 0.853. The minimum Gasteiger partial charge on any atom is -0.376 e. The molecule has 1 fully saturated rings. The topological polar surface area (TPSA) is 93.5 Å². The van der Waals surface area contributed by atoms with E-state index in [-0.39, 0.29) is 23.5 Å². The Morgan fingerprint density at radius 1 is 1.43 bits per heavy atom. The lowest BCUT2D eigenvalue weighted by molar-refractivity contribution is -0.122. The van der Waals surface area contributed by atoms with Crippen molar-refractivity contribution in [1.82, 2.24) is 19.4 Å². The second kappa shape index (κ2) is 6.98. The summed E-state index contributed by atoms with van der Waals surface area (Å²) < 4.78 is 32.7. The van der Waals surface area contributed by atoms with Crippen LogP contribution in [0.3, 0.4) is 0 Å². The van der Waals surface area contributed by atoms with Crippen LogP contribution < -0.4 is 5.32 Å². The Hall–Kier alpha value is -1.45. The van der Waals surface area contributed by atoms with Crippen LogP contribution in [0, 0.1) is 13.8 Å². The van der Waals surface area contributed by atoms with Gasteiger partial charge in [0.15, 0.2) is 0 Å². The largest absolute Gasteiger partial charge is 0.376 e. The van der Waals surface area contributed by atoms with E-state index < -0.39 is 10.0 Å². The number of aromatic nitrogens is 2. The Balaban J connectivity index is 2.07. The van der Waals surface area contributed by atoms with Crippen LogP contribution in [0.2, 0.25) is 0 Å². The van der Waals surface area contributed by atoms with Gasteiger partial charge in [0.05, 0.1) is 17.5 Å². The number of sulfonamides is 1. The molecular weight excluding hydrogens is 320 g/mol.